The van der Waals surface area contributed by atoms with Gasteiger partial charge in [0, 0.05) is 13.1 Å². The van der Waals surface area contributed by atoms with Crippen molar-refractivity contribution in [3.05, 3.63) is 29.3 Å². The number of benzene rings is 1. The summed E-state index contributed by atoms with van der Waals surface area (Å²) in [5.41, 5.74) is 0.472. The molecule has 19 heavy (non-hydrogen) atoms. The van der Waals surface area contributed by atoms with Crippen LogP contribution in [0.15, 0.2) is 12.1 Å². The van der Waals surface area contributed by atoms with Crippen molar-refractivity contribution in [2.45, 2.75) is 19.9 Å². The molecule has 0 aliphatic rings. The number of carbonyl (C=O) groups is 1. The van der Waals surface area contributed by atoms with E-state index in [9.17, 15) is 13.6 Å². The third-order valence-electron chi connectivity index (χ3n) is 2.36. The van der Waals surface area contributed by atoms with Crippen molar-refractivity contribution in [3.63, 3.8) is 0 Å². The maximum atomic E-state index is 13.6. The van der Waals surface area contributed by atoms with Crippen LogP contribution in [0.3, 0.4) is 0 Å². The molecular weight excluding hydrogens is 254 g/mol. The van der Waals surface area contributed by atoms with Crippen LogP contribution < -0.4 is 15.4 Å². The van der Waals surface area contributed by atoms with E-state index in [1.54, 1.807) is 7.05 Å². The Kier molecular flexibility index (Phi) is 6.21. The van der Waals surface area contributed by atoms with Gasteiger partial charge in [0.2, 0.25) is 0 Å². The lowest BCUT2D eigenvalue weighted by Gasteiger charge is -2.10. The Bertz CT molecular complexity index is 416. The van der Waals surface area contributed by atoms with Crippen LogP contribution in [-0.4, -0.2) is 26.1 Å². The molecule has 1 rings (SSSR count). The van der Waals surface area contributed by atoms with Crippen molar-refractivity contribution in [3.8, 4) is 5.75 Å². The molecule has 0 aliphatic heterocycles. The number of halogens is 2. The van der Waals surface area contributed by atoms with Gasteiger partial charge in [0.15, 0.2) is 24.0 Å². The summed E-state index contributed by atoms with van der Waals surface area (Å²) in [7, 11) is 1.68. The Morgan fingerprint density at radius 3 is 2.47 bits per heavy atom. The van der Waals surface area contributed by atoms with Gasteiger partial charge in [-0.05, 0) is 31.2 Å². The standard InChI is InChI=1S/C13H18F2N2O2/c1-3-4-17-12(18)8-19-13-10(14)5-9(7-16-2)6-11(13)15/h5-6,16H,3-4,7-8H2,1-2H3,(H,17,18). The largest absolute Gasteiger partial charge is 0.478 e. The fraction of sp³-hybridized carbons (Fsp3) is 0.462. The van der Waals surface area contributed by atoms with E-state index in [4.69, 9.17) is 4.74 Å². The van der Waals surface area contributed by atoms with Gasteiger partial charge >= 0.3 is 0 Å². The highest BCUT2D eigenvalue weighted by Crippen LogP contribution is 2.23. The highest BCUT2D eigenvalue weighted by Gasteiger charge is 2.14. The average Bonchev–Trinajstić information content (AvgIpc) is 2.35. The van der Waals surface area contributed by atoms with Gasteiger partial charge in [0.1, 0.15) is 0 Å². The van der Waals surface area contributed by atoms with Crippen LogP contribution in [0.25, 0.3) is 0 Å². The zero-order valence-electron chi connectivity index (χ0n) is 11.1. The van der Waals surface area contributed by atoms with Gasteiger partial charge < -0.3 is 15.4 Å². The van der Waals surface area contributed by atoms with Crippen molar-refractivity contribution in [1.29, 1.82) is 0 Å². The second-order valence-corrected chi connectivity index (χ2v) is 4.06. The maximum absolute atomic E-state index is 13.6. The zero-order valence-corrected chi connectivity index (χ0v) is 11.1. The second kappa shape index (κ2) is 7.68. The fourth-order valence-electron chi connectivity index (χ4n) is 1.51. The number of rotatable bonds is 7. The van der Waals surface area contributed by atoms with Gasteiger partial charge in [-0.1, -0.05) is 6.92 Å². The van der Waals surface area contributed by atoms with Gasteiger partial charge in [-0.2, -0.15) is 0 Å². The Morgan fingerprint density at radius 1 is 1.32 bits per heavy atom. The number of hydrogen-bond acceptors (Lipinski definition) is 3. The van der Waals surface area contributed by atoms with Crippen LogP contribution in [0.2, 0.25) is 0 Å². The topological polar surface area (TPSA) is 50.4 Å². The summed E-state index contributed by atoms with van der Waals surface area (Å²) >= 11 is 0. The quantitative estimate of drug-likeness (QED) is 0.792. The molecule has 0 aromatic heterocycles. The molecule has 0 heterocycles. The first-order valence-electron chi connectivity index (χ1n) is 6.10. The molecule has 1 aromatic carbocycles. The highest BCUT2D eigenvalue weighted by atomic mass is 19.1. The minimum atomic E-state index is -0.812. The first kappa shape index (κ1) is 15.4. The number of amides is 1. The van der Waals surface area contributed by atoms with E-state index in [2.05, 4.69) is 10.6 Å². The van der Waals surface area contributed by atoms with Crippen LogP contribution in [-0.2, 0) is 11.3 Å². The summed E-state index contributed by atoms with van der Waals surface area (Å²) in [4.78, 5) is 11.3. The molecule has 0 aliphatic carbocycles. The van der Waals surface area contributed by atoms with E-state index >= 15 is 0 Å². The zero-order chi connectivity index (χ0) is 14.3. The Hall–Kier alpha value is -1.69. The summed E-state index contributed by atoms with van der Waals surface area (Å²) in [5.74, 6) is -2.55. The lowest BCUT2D eigenvalue weighted by atomic mass is 10.2. The van der Waals surface area contributed by atoms with Crippen LogP contribution in [0.5, 0.6) is 5.75 Å². The summed E-state index contributed by atoms with van der Waals surface area (Å²) in [6.45, 7) is 2.36. The molecule has 2 N–H and O–H groups in total. The third kappa shape index (κ3) is 4.82. The van der Waals surface area contributed by atoms with Gasteiger partial charge in [-0.25, -0.2) is 8.78 Å². The van der Waals surface area contributed by atoms with E-state index in [1.807, 2.05) is 6.92 Å². The second-order valence-electron chi connectivity index (χ2n) is 4.06. The number of carbonyl (C=O) groups excluding carboxylic acids is 1. The van der Waals surface area contributed by atoms with Gasteiger partial charge in [0.25, 0.3) is 5.91 Å². The number of ether oxygens (including phenoxy) is 1. The molecule has 0 atom stereocenters. The van der Waals surface area contributed by atoms with Gasteiger partial charge in [0.05, 0.1) is 0 Å². The maximum Gasteiger partial charge on any atom is 0.257 e. The Balaban J connectivity index is 2.65. The summed E-state index contributed by atoms with van der Waals surface area (Å²) in [6.07, 6.45) is 0.785. The Morgan fingerprint density at radius 2 is 1.95 bits per heavy atom. The van der Waals surface area contributed by atoms with Crippen molar-refractivity contribution in [1.82, 2.24) is 10.6 Å². The summed E-state index contributed by atoms with van der Waals surface area (Å²) in [5, 5.41) is 5.35. The molecule has 6 heteroatoms. The molecule has 1 amide bonds. The van der Waals surface area contributed by atoms with E-state index in [-0.39, 0.29) is 0 Å². The predicted octanol–water partition coefficient (Wildman–Crippen LogP) is 1.59. The third-order valence-corrected chi connectivity index (χ3v) is 2.36. The molecule has 0 saturated heterocycles. The molecular formula is C13H18F2N2O2. The minimum Gasteiger partial charge on any atom is -0.478 e. The molecule has 0 saturated carbocycles. The van der Waals surface area contributed by atoms with E-state index in [1.165, 1.54) is 12.1 Å². The van der Waals surface area contributed by atoms with Crippen LogP contribution in [0.1, 0.15) is 18.9 Å². The van der Waals surface area contributed by atoms with Gasteiger partial charge in [-0.15, -0.1) is 0 Å². The normalized spacial score (nSPS) is 10.3. The predicted molar refractivity (Wildman–Crippen MR) is 67.9 cm³/mol. The van der Waals surface area contributed by atoms with Crippen LogP contribution in [0, 0.1) is 11.6 Å². The summed E-state index contributed by atoms with van der Waals surface area (Å²) in [6, 6.07) is 2.36. The van der Waals surface area contributed by atoms with Crippen LogP contribution >= 0.6 is 0 Å². The molecule has 0 fully saturated rings. The molecule has 0 bridgehead atoms. The van der Waals surface area contributed by atoms with Crippen molar-refractivity contribution < 1.29 is 18.3 Å². The number of nitrogens with one attached hydrogen (secondary N) is 2. The van der Waals surface area contributed by atoms with Crippen LogP contribution in [0.4, 0.5) is 8.78 Å². The van der Waals surface area contributed by atoms with Crippen molar-refractivity contribution >= 4 is 5.91 Å². The molecule has 4 nitrogen and oxygen atoms in total. The van der Waals surface area contributed by atoms with E-state index in [0.29, 0.717) is 18.7 Å². The molecule has 0 unspecified atom stereocenters. The SMILES string of the molecule is CCCNC(=O)COc1c(F)cc(CNC)cc1F. The number of hydrogen-bond donors (Lipinski definition) is 2. The smallest absolute Gasteiger partial charge is 0.257 e. The lowest BCUT2D eigenvalue weighted by molar-refractivity contribution is -0.123. The van der Waals surface area contributed by atoms with E-state index < -0.39 is 29.9 Å². The first-order chi connectivity index (χ1) is 9.08. The monoisotopic (exact) mass is 272 g/mol. The molecule has 106 valence electrons. The molecule has 0 spiro atoms. The average molecular weight is 272 g/mol. The fourth-order valence-corrected chi connectivity index (χ4v) is 1.51. The van der Waals surface area contributed by atoms with Crippen molar-refractivity contribution in [2.75, 3.05) is 20.2 Å². The molecule has 1 aromatic rings. The lowest BCUT2D eigenvalue weighted by Crippen LogP contribution is -2.29. The van der Waals surface area contributed by atoms with Crippen molar-refractivity contribution in [2.24, 2.45) is 0 Å². The molecule has 0 radical (unpaired) electrons. The summed E-state index contributed by atoms with van der Waals surface area (Å²) < 4.78 is 32.1. The van der Waals surface area contributed by atoms with E-state index in [0.717, 1.165) is 6.42 Å². The Labute approximate surface area is 111 Å². The minimum absolute atomic E-state index is 0.352. The first-order valence-corrected chi connectivity index (χ1v) is 6.10. The van der Waals surface area contributed by atoms with Gasteiger partial charge in [-0.3, -0.25) is 4.79 Å². The highest BCUT2D eigenvalue weighted by molar-refractivity contribution is 5.77.